The number of benzene rings is 4. The fraction of sp³-hybridized carbons (Fsp3) is 0.143. The maximum atomic E-state index is 11.5. The zero-order valence-electron chi connectivity index (χ0n) is 21.9. The number of aromatic hydroxyl groups is 2. The third kappa shape index (κ3) is 11.8. The van der Waals surface area contributed by atoms with Gasteiger partial charge in [0.1, 0.15) is 34.5 Å². The summed E-state index contributed by atoms with van der Waals surface area (Å²) < 4.78 is 55.7. The second-order valence-corrected chi connectivity index (χ2v) is 13.9. The Bertz CT molecular complexity index is 1480. The van der Waals surface area contributed by atoms with Gasteiger partial charge in [-0.25, -0.2) is 0 Å². The molecule has 0 spiro atoms. The lowest BCUT2D eigenvalue weighted by Gasteiger charge is -2.08. The Morgan fingerprint density at radius 3 is 1.00 bits per heavy atom. The smallest absolute Gasteiger partial charge is 0.311 e. The van der Waals surface area contributed by atoms with Crippen LogP contribution in [0.4, 0.5) is 0 Å². The molecular weight excluding hydrogens is 625 g/mol. The van der Waals surface area contributed by atoms with Gasteiger partial charge in [-0.15, -0.1) is 0 Å². The van der Waals surface area contributed by atoms with Crippen molar-refractivity contribution >= 4 is 43.8 Å². The second kappa shape index (κ2) is 15.7. The highest BCUT2D eigenvalue weighted by atomic mass is 32.2. The summed E-state index contributed by atoms with van der Waals surface area (Å²) >= 11 is 2.95. The first-order valence-electron chi connectivity index (χ1n) is 12.2. The van der Waals surface area contributed by atoms with E-state index in [-0.39, 0.29) is 23.0 Å². The molecule has 10 nitrogen and oxygen atoms in total. The number of aliphatic hydroxyl groups excluding tert-OH is 2. The monoisotopic (exact) mass is 652 g/mol. The van der Waals surface area contributed by atoms with Crippen molar-refractivity contribution in [1.29, 1.82) is 0 Å². The van der Waals surface area contributed by atoms with Crippen molar-refractivity contribution in [2.24, 2.45) is 0 Å². The van der Waals surface area contributed by atoms with E-state index in [0.29, 0.717) is 0 Å². The SMILES string of the molecule is O=S(=O)(CCO)Oc1ccc(Sc2ccc(OS(=O)(=O)CCO)cc2)cc1.Oc1ccc(Sc2ccc(O)cc2)cc1. The van der Waals surface area contributed by atoms with Gasteiger partial charge < -0.3 is 28.8 Å². The standard InChI is InChI=1S/C16H18O8S3.C12H10O2S/c17-9-11-26(19,20)23-13-1-5-15(6-2-13)25-16-7-3-14(4-8-16)24-27(21,22)12-10-18;13-9-1-5-11(6-2-9)15-12-7-3-10(14)4-8-12/h1-8,17-18H,9-12H2;1-8,13-14H. The highest BCUT2D eigenvalue weighted by molar-refractivity contribution is 7.99. The lowest BCUT2D eigenvalue weighted by molar-refractivity contribution is 0.315. The summed E-state index contributed by atoms with van der Waals surface area (Å²) in [7, 11) is -7.63. The molecule has 0 heterocycles. The first-order valence-corrected chi connectivity index (χ1v) is 17.0. The van der Waals surface area contributed by atoms with Crippen molar-refractivity contribution in [3.05, 3.63) is 97.1 Å². The van der Waals surface area contributed by atoms with Crippen molar-refractivity contribution in [2.45, 2.75) is 19.6 Å². The molecule has 0 radical (unpaired) electrons. The van der Waals surface area contributed by atoms with E-state index < -0.39 is 45.0 Å². The van der Waals surface area contributed by atoms with Crippen LogP contribution in [0.25, 0.3) is 0 Å². The third-order valence-electron chi connectivity index (χ3n) is 4.92. The van der Waals surface area contributed by atoms with Crippen LogP contribution in [0.1, 0.15) is 0 Å². The van der Waals surface area contributed by atoms with Gasteiger partial charge >= 0.3 is 20.2 Å². The summed E-state index contributed by atoms with van der Waals surface area (Å²) in [6.45, 7) is -1.03. The molecule has 0 saturated heterocycles. The summed E-state index contributed by atoms with van der Waals surface area (Å²) in [5.41, 5.74) is 0. The van der Waals surface area contributed by atoms with E-state index in [9.17, 15) is 16.8 Å². The molecule has 0 aliphatic heterocycles. The minimum atomic E-state index is -3.82. The summed E-state index contributed by atoms with van der Waals surface area (Å²) in [4.78, 5) is 3.73. The predicted molar refractivity (Wildman–Crippen MR) is 160 cm³/mol. The number of hydrogen-bond donors (Lipinski definition) is 4. The lowest BCUT2D eigenvalue weighted by atomic mass is 10.3. The lowest BCUT2D eigenvalue weighted by Crippen LogP contribution is -2.16. The fourth-order valence-electron chi connectivity index (χ4n) is 3.03. The van der Waals surface area contributed by atoms with Gasteiger partial charge in [0.15, 0.2) is 0 Å². The Hall–Kier alpha value is -3.40. The van der Waals surface area contributed by atoms with E-state index in [1.807, 2.05) is 24.3 Å². The molecule has 0 aliphatic rings. The largest absolute Gasteiger partial charge is 0.508 e. The van der Waals surface area contributed by atoms with Crippen LogP contribution in [0, 0.1) is 0 Å². The molecule has 0 saturated carbocycles. The molecule has 0 aliphatic carbocycles. The third-order valence-corrected chi connectivity index (χ3v) is 9.21. The molecule has 4 rings (SSSR count). The van der Waals surface area contributed by atoms with Gasteiger partial charge in [0.05, 0.1) is 13.2 Å². The Morgan fingerprint density at radius 2 is 0.738 bits per heavy atom. The molecule has 4 aromatic carbocycles. The summed E-state index contributed by atoms with van der Waals surface area (Å²) in [5, 5.41) is 35.6. The van der Waals surface area contributed by atoms with Crippen molar-refractivity contribution in [3.8, 4) is 23.0 Å². The van der Waals surface area contributed by atoms with Crippen LogP contribution in [0.5, 0.6) is 23.0 Å². The van der Waals surface area contributed by atoms with E-state index in [1.165, 1.54) is 36.0 Å². The average molecular weight is 653 g/mol. The van der Waals surface area contributed by atoms with Crippen LogP contribution in [0.15, 0.2) is 117 Å². The Morgan fingerprint density at radius 1 is 0.476 bits per heavy atom. The van der Waals surface area contributed by atoms with Crippen molar-refractivity contribution in [2.75, 3.05) is 24.7 Å². The molecule has 0 atom stereocenters. The molecule has 0 unspecified atom stereocenters. The van der Waals surface area contributed by atoms with E-state index >= 15 is 0 Å². The molecule has 0 amide bonds. The normalized spacial score (nSPS) is 11.3. The predicted octanol–water partition coefficient (Wildman–Crippen LogP) is 4.49. The molecule has 14 heteroatoms. The van der Waals surface area contributed by atoms with Crippen LogP contribution in [-0.2, 0) is 20.2 Å². The van der Waals surface area contributed by atoms with Crippen molar-refractivity contribution < 1.29 is 45.6 Å². The van der Waals surface area contributed by atoms with E-state index in [1.54, 1.807) is 60.3 Å². The number of hydrogen-bond acceptors (Lipinski definition) is 12. The van der Waals surface area contributed by atoms with Crippen LogP contribution < -0.4 is 8.37 Å². The molecule has 42 heavy (non-hydrogen) atoms. The fourth-order valence-corrected chi connectivity index (χ4v) is 6.08. The molecule has 4 aromatic rings. The molecule has 224 valence electrons. The van der Waals surface area contributed by atoms with Crippen LogP contribution in [0.2, 0.25) is 0 Å². The summed E-state index contributed by atoms with van der Waals surface area (Å²) in [6.07, 6.45) is 0. The van der Waals surface area contributed by atoms with E-state index in [2.05, 4.69) is 0 Å². The number of aliphatic hydroxyl groups is 2. The zero-order valence-corrected chi connectivity index (χ0v) is 25.2. The Balaban J connectivity index is 0.000000271. The van der Waals surface area contributed by atoms with E-state index in [0.717, 1.165) is 19.6 Å². The van der Waals surface area contributed by atoms with Crippen LogP contribution in [0.3, 0.4) is 0 Å². The number of phenolic OH excluding ortho intramolecular Hbond substituents is 2. The van der Waals surface area contributed by atoms with Crippen molar-refractivity contribution in [3.63, 3.8) is 0 Å². The molecule has 0 fully saturated rings. The molecule has 0 bridgehead atoms. The Labute approximate surface area is 252 Å². The Kier molecular flexibility index (Phi) is 12.4. The molecule has 0 aromatic heterocycles. The molecular formula is C28H28O10S4. The van der Waals surface area contributed by atoms with E-state index in [4.69, 9.17) is 28.8 Å². The summed E-state index contributed by atoms with van der Waals surface area (Å²) in [5.74, 6) is -0.135. The first kappa shape index (κ1) is 33.1. The van der Waals surface area contributed by atoms with Gasteiger partial charge in [0.2, 0.25) is 0 Å². The summed E-state index contributed by atoms with van der Waals surface area (Å²) in [6, 6.07) is 26.7. The van der Waals surface area contributed by atoms with Gasteiger partial charge in [0, 0.05) is 19.6 Å². The van der Waals surface area contributed by atoms with Gasteiger partial charge in [-0.2, -0.15) is 16.8 Å². The second-order valence-electron chi connectivity index (χ2n) is 8.27. The van der Waals surface area contributed by atoms with Gasteiger partial charge in [-0.1, -0.05) is 23.5 Å². The maximum Gasteiger partial charge on any atom is 0.311 e. The highest BCUT2D eigenvalue weighted by Gasteiger charge is 2.13. The van der Waals surface area contributed by atoms with Crippen LogP contribution >= 0.6 is 23.5 Å². The quantitative estimate of drug-likeness (QED) is 0.159. The van der Waals surface area contributed by atoms with Crippen molar-refractivity contribution in [1.82, 2.24) is 0 Å². The number of rotatable bonds is 12. The zero-order chi connectivity index (χ0) is 30.6. The minimum Gasteiger partial charge on any atom is -0.508 e. The topological polar surface area (TPSA) is 168 Å². The van der Waals surface area contributed by atoms with Gasteiger partial charge in [0.25, 0.3) is 0 Å². The minimum absolute atomic E-state index is 0.144. The van der Waals surface area contributed by atoms with Gasteiger partial charge in [-0.05, 0) is 97.1 Å². The van der Waals surface area contributed by atoms with Gasteiger partial charge in [-0.3, -0.25) is 0 Å². The van der Waals surface area contributed by atoms with Crippen LogP contribution in [-0.4, -0.2) is 62.0 Å². The molecule has 4 N–H and O–H groups in total. The average Bonchev–Trinajstić information content (AvgIpc) is 2.93. The first-order chi connectivity index (χ1) is 20.0. The maximum absolute atomic E-state index is 11.5. The number of phenols is 2. The highest BCUT2D eigenvalue weighted by Crippen LogP contribution is 2.31.